The van der Waals surface area contributed by atoms with E-state index in [2.05, 4.69) is 12.2 Å². The Morgan fingerprint density at radius 2 is 1.82 bits per heavy atom. The highest BCUT2D eigenvalue weighted by Gasteiger charge is 2.77. The summed E-state index contributed by atoms with van der Waals surface area (Å²) in [4.78, 5) is 0. The number of rotatable bonds is 0. The maximum absolute atomic E-state index is 4.25. The molecule has 1 spiro atoms. The smallest absolute Gasteiger partial charge is 0.0274 e. The molecule has 92 valence electrons. The fourth-order valence-corrected chi connectivity index (χ4v) is 8.44. The molecular weight excluding hydrogens is 206 g/mol. The molecule has 0 amide bonds. The summed E-state index contributed by atoms with van der Waals surface area (Å²) in [5, 5.41) is 4.25. The summed E-state index contributed by atoms with van der Waals surface area (Å²) < 4.78 is 0. The van der Waals surface area contributed by atoms with E-state index < -0.39 is 0 Å². The van der Waals surface area contributed by atoms with E-state index in [9.17, 15) is 0 Å². The molecule has 0 aromatic rings. The Balaban J connectivity index is 1.72. The topological polar surface area (TPSA) is 12.0 Å². The molecule has 0 aromatic heterocycles. The normalized spacial score (nSPS) is 77.1. The predicted octanol–water partition coefficient (Wildman–Crippen LogP) is 2.81. The molecule has 17 heavy (non-hydrogen) atoms. The summed E-state index contributed by atoms with van der Waals surface area (Å²) >= 11 is 0. The van der Waals surface area contributed by atoms with Crippen LogP contribution in [0.15, 0.2) is 0 Å². The Morgan fingerprint density at radius 3 is 2.76 bits per heavy atom. The van der Waals surface area contributed by atoms with Crippen LogP contribution in [0.5, 0.6) is 0 Å². The summed E-state index contributed by atoms with van der Waals surface area (Å²) in [6.07, 6.45) is 9.52. The monoisotopic (exact) mass is 229 g/mol. The Kier molecular flexibility index (Phi) is 1.18. The molecule has 9 bridgehead atoms. The molecule has 4 saturated heterocycles. The summed E-state index contributed by atoms with van der Waals surface area (Å²) in [7, 11) is 0. The molecule has 1 N–H and O–H groups in total. The predicted molar refractivity (Wildman–Crippen MR) is 66.4 cm³/mol. The van der Waals surface area contributed by atoms with Gasteiger partial charge in [-0.3, -0.25) is 0 Å². The van der Waals surface area contributed by atoms with Gasteiger partial charge in [0, 0.05) is 11.6 Å². The van der Waals surface area contributed by atoms with Gasteiger partial charge in [-0.2, -0.15) is 0 Å². The third-order valence-electron chi connectivity index (χ3n) is 8.64. The number of piperidine rings is 2. The van der Waals surface area contributed by atoms with Crippen LogP contribution < -0.4 is 5.32 Å². The fourth-order valence-electron chi connectivity index (χ4n) is 8.44. The molecule has 7 aliphatic carbocycles. The van der Waals surface area contributed by atoms with Gasteiger partial charge in [-0.15, -0.1) is 0 Å². The largest absolute Gasteiger partial charge is 0.307 e. The van der Waals surface area contributed by atoms with Gasteiger partial charge < -0.3 is 5.32 Å². The average molecular weight is 229 g/mol. The van der Waals surface area contributed by atoms with Crippen LogP contribution >= 0.6 is 0 Å². The average Bonchev–Trinajstić information content (AvgIpc) is 2.57. The zero-order valence-electron chi connectivity index (χ0n) is 10.8. The van der Waals surface area contributed by atoms with E-state index in [1.165, 1.54) is 0 Å². The van der Waals surface area contributed by atoms with Gasteiger partial charge in [0.25, 0.3) is 0 Å². The highest BCUT2D eigenvalue weighted by Crippen LogP contribution is 2.78. The Bertz CT molecular complexity index is 431. The molecule has 4 heterocycles. The van der Waals surface area contributed by atoms with E-state index >= 15 is 0 Å². The van der Waals surface area contributed by atoms with E-state index in [-0.39, 0.29) is 0 Å². The van der Waals surface area contributed by atoms with Gasteiger partial charge in [0.1, 0.15) is 0 Å². The van der Waals surface area contributed by atoms with Crippen molar-refractivity contribution in [3.63, 3.8) is 0 Å². The first-order valence-electron chi connectivity index (χ1n) is 7.99. The van der Waals surface area contributed by atoms with Crippen molar-refractivity contribution in [3.8, 4) is 0 Å². The fraction of sp³-hybridized carbons (Fsp3) is 1.00. The minimum Gasteiger partial charge on any atom is -0.307 e. The summed E-state index contributed by atoms with van der Waals surface area (Å²) in [5.41, 5.74) is 1.32. The molecule has 4 aliphatic heterocycles. The van der Waals surface area contributed by atoms with Crippen molar-refractivity contribution in [3.05, 3.63) is 0 Å². The van der Waals surface area contributed by atoms with Crippen molar-refractivity contribution in [2.24, 2.45) is 40.9 Å². The highest BCUT2D eigenvalue weighted by atomic mass is 15.1. The van der Waals surface area contributed by atoms with E-state index in [0.29, 0.717) is 11.0 Å². The van der Waals surface area contributed by atoms with Crippen LogP contribution in [-0.4, -0.2) is 11.6 Å². The first-order valence-corrected chi connectivity index (χ1v) is 7.99. The van der Waals surface area contributed by atoms with Crippen LogP contribution in [0.25, 0.3) is 0 Å². The molecule has 0 aromatic carbocycles. The molecule has 7 saturated carbocycles. The third kappa shape index (κ3) is 0.673. The zero-order chi connectivity index (χ0) is 11.0. The molecule has 1 heteroatoms. The minimum absolute atomic E-state index is 0.621. The first kappa shape index (κ1) is 8.96. The second kappa shape index (κ2) is 2.24. The Hall–Kier alpha value is -0.0400. The molecule has 0 radical (unpaired) electrons. The van der Waals surface area contributed by atoms with Crippen LogP contribution in [0.3, 0.4) is 0 Å². The maximum Gasteiger partial charge on any atom is 0.0274 e. The molecule has 9 unspecified atom stereocenters. The van der Waals surface area contributed by atoms with Gasteiger partial charge in [-0.25, -0.2) is 0 Å². The van der Waals surface area contributed by atoms with E-state index in [4.69, 9.17) is 0 Å². The summed E-state index contributed by atoms with van der Waals surface area (Å²) in [6, 6.07) is 0.927. The van der Waals surface area contributed by atoms with E-state index in [0.717, 1.165) is 41.5 Å². The molecular formula is C16H23N. The van der Waals surface area contributed by atoms with Crippen LogP contribution in [-0.2, 0) is 0 Å². The lowest BCUT2D eigenvalue weighted by Crippen LogP contribution is -2.80. The van der Waals surface area contributed by atoms with Gasteiger partial charge in [0.2, 0.25) is 0 Å². The lowest BCUT2D eigenvalue weighted by molar-refractivity contribution is -0.236. The highest BCUT2D eigenvalue weighted by molar-refractivity contribution is 5.30. The van der Waals surface area contributed by atoms with Crippen molar-refractivity contribution < 1.29 is 0 Å². The van der Waals surface area contributed by atoms with E-state index in [1.807, 2.05) is 0 Å². The second-order valence-electron chi connectivity index (χ2n) is 8.66. The van der Waals surface area contributed by atoms with Crippen LogP contribution in [0.2, 0.25) is 0 Å². The third-order valence-corrected chi connectivity index (χ3v) is 8.64. The zero-order valence-corrected chi connectivity index (χ0v) is 10.8. The molecule has 9 atom stereocenters. The van der Waals surface area contributed by atoms with Crippen molar-refractivity contribution in [2.75, 3.05) is 0 Å². The lowest BCUT2D eigenvalue weighted by Gasteiger charge is -2.76. The van der Waals surface area contributed by atoms with Gasteiger partial charge in [0.15, 0.2) is 0 Å². The van der Waals surface area contributed by atoms with Gasteiger partial charge in [0.05, 0.1) is 0 Å². The van der Waals surface area contributed by atoms with Crippen molar-refractivity contribution in [1.29, 1.82) is 0 Å². The van der Waals surface area contributed by atoms with Gasteiger partial charge >= 0.3 is 0 Å². The molecule has 11 fully saturated rings. The minimum atomic E-state index is 0.621. The number of nitrogens with one attached hydrogen (secondary N) is 1. The van der Waals surface area contributed by atoms with Crippen LogP contribution in [0.1, 0.15) is 45.4 Å². The van der Waals surface area contributed by atoms with Crippen molar-refractivity contribution >= 4 is 0 Å². The van der Waals surface area contributed by atoms with Crippen LogP contribution in [0.4, 0.5) is 0 Å². The lowest BCUT2D eigenvalue weighted by atomic mass is 9.33. The van der Waals surface area contributed by atoms with E-state index in [1.54, 1.807) is 38.5 Å². The Morgan fingerprint density at radius 1 is 0.941 bits per heavy atom. The number of hydrogen-bond donors (Lipinski definition) is 1. The van der Waals surface area contributed by atoms with Gasteiger partial charge in [-0.05, 0) is 79.4 Å². The standard InChI is InChI=1S/C16H23N/c1-15-7-9-4-13-10-2-8-3-12(15)11(10)5-14(9)17-16(13,15)6-8/h8-14,17H,2-7H2,1H3. The molecule has 11 aliphatic rings. The maximum atomic E-state index is 4.25. The second-order valence-corrected chi connectivity index (χ2v) is 8.66. The van der Waals surface area contributed by atoms with Crippen LogP contribution in [0, 0.1) is 40.9 Å². The quantitative estimate of drug-likeness (QED) is 0.673. The molecule has 1 nitrogen and oxygen atoms in total. The number of hydrogen-bond acceptors (Lipinski definition) is 1. The first-order chi connectivity index (χ1) is 8.21. The molecule has 11 rings (SSSR count). The van der Waals surface area contributed by atoms with Gasteiger partial charge in [-0.1, -0.05) is 6.92 Å². The Labute approximate surface area is 104 Å². The van der Waals surface area contributed by atoms with Crippen molar-refractivity contribution in [2.45, 2.75) is 57.0 Å². The summed E-state index contributed by atoms with van der Waals surface area (Å²) in [6.45, 7) is 2.69. The summed E-state index contributed by atoms with van der Waals surface area (Å²) in [5.74, 6) is 6.62. The SMILES string of the molecule is CC12CC3CC4C5CC6CC1C5CC3NC42C6. The van der Waals surface area contributed by atoms with Crippen molar-refractivity contribution in [1.82, 2.24) is 5.32 Å².